The fourth-order valence-corrected chi connectivity index (χ4v) is 0.990. The molecule has 0 aromatic carbocycles. The highest BCUT2D eigenvalue weighted by molar-refractivity contribution is 5.99. The molecule has 0 aliphatic rings. The first-order valence-corrected chi connectivity index (χ1v) is 3.64. The van der Waals surface area contributed by atoms with Crippen LogP contribution in [0.5, 0.6) is 0 Å². The zero-order chi connectivity index (χ0) is 10.7. The van der Waals surface area contributed by atoms with Crippen LogP contribution in [0.4, 0.5) is 5.82 Å². The lowest BCUT2D eigenvalue weighted by Gasteiger charge is -2.01. The Morgan fingerprint density at radius 3 is 2.50 bits per heavy atom. The van der Waals surface area contributed by atoms with E-state index >= 15 is 0 Å². The number of aromatic nitrogens is 2. The molecule has 7 nitrogen and oxygen atoms in total. The van der Waals surface area contributed by atoms with E-state index in [1.54, 1.807) is 0 Å². The van der Waals surface area contributed by atoms with Crippen LogP contribution in [0.25, 0.3) is 0 Å². The van der Waals surface area contributed by atoms with Crippen molar-refractivity contribution in [3.63, 3.8) is 0 Å². The zero-order valence-corrected chi connectivity index (χ0v) is 7.21. The number of Topliss-reactive ketones (excluding diaryl/α,β-unsaturated/α-hetero) is 1. The van der Waals surface area contributed by atoms with Crippen molar-refractivity contribution in [2.24, 2.45) is 0 Å². The summed E-state index contributed by atoms with van der Waals surface area (Å²) >= 11 is 0. The normalized spacial score (nSPS) is 9.50. The van der Waals surface area contributed by atoms with Crippen molar-refractivity contribution in [2.75, 3.05) is 5.32 Å². The summed E-state index contributed by atoms with van der Waals surface area (Å²) in [6.07, 6.45) is 0.261. The topological polar surface area (TPSA) is 112 Å². The third-order valence-corrected chi connectivity index (χ3v) is 1.50. The average molecular weight is 197 g/mol. The maximum Gasteiger partial charge on any atom is 0.327 e. The molecule has 0 unspecified atom stereocenters. The number of anilines is 1. The molecule has 0 radical (unpaired) electrons. The molecule has 0 spiro atoms. The molecule has 0 bridgehead atoms. The van der Waals surface area contributed by atoms with Crippen molar-refractivity contribution >= 4 is 18.0 Å². The van der Waals surface area contributed by atoms with Gasteiger partial charge in [-0.05, 0) is 6.92 Å². The van der Waals surface area contributed by atoms with Crippen LogP contribution in [0.2, 0.25) is 0 Å². The molecule has 0 fully saturated rings. The summed E-state index contributed by atoms with van der Waals surface area (Å²) in [6, 6.07) is 0. The van der Waals surface area contributed by atoms with Gasteiger partial charge in [-0.25, -0.2) is 4.79 Å². The summed E-state index contributed by atoms with van der Waals surface area (Å²) in [6.45, 7) is 1.15. The Labute approximate surface area is 77.2 Å². The third kappa shape index (κ3) is 1.76. The molecule has 3 N–H and O–H groups in total. The van der Waals surface area contributed by atoms with Gasteiger partial charge < -0.3 is 5.32 Å². The van der Waals surface area contributed by atoms with Gasteiger partial charge in [0.25, 0.3) is 5.56 Å². The Kier molecular flexibility index (Phi) is 2.61. The van der Waals surface area contributed by atoms with Gasteiger partial charge in [0, 0.05) is 0 Å². The average Bonchev–Trinajstić information content (AvgIpc) is 2.01. The van der Waals surface area contributed by atoms with Crippen molar-refractivity contribution in [3.8, 4) is 0 Å². The van der Waals surface area contributed by atoms with Gasteiger partial charge in [-0.1, -0.05) is 0 Å². The summed E-state index contributed by atoms with van der Waals surface area (Å²) in [5, 5.41) is 2.06. The first-order valence-electron chi connectivity index (χ1n) is 3.64. The van der Waals surface area contributed by atoms with E-state index in [9.17, 15) is 19.2 Å². The van der Waals surface area contributed by atoms with Crippen LogP contribution in [0.1, 0.15) is 17.3 Å². The molecular formula is C7H7N3O4. The molecule has 1 aromatic rings. The fourth-order valence-electron chi connectivity index (χ4n) is 0.990. The minimum absolute atomic E-state index is 0.193. The second kappa shape index (κ2) is 3.69. The van der Waals surface area contributed by atoms with Gasteiger partial charge in [-0.2, -0.15) is 0 Å². The second-order valence-corrected chi connectivity index (χ2v) is 2.48. The maximum absolute atomic E-state index is 11.1. The number of amides is 1. The van der Waals surface area contributed by atoms with Gasteiger partial charge in [0.2, 0.25) is 6.41 Å². The Bertz CT molecular complexity index is 484. The third-order valence-electron chi connectivity index (χ3n) is 1.50. The lowest BCUT2D eigenvalue weighted by Crippen LogP contribution is -2.29. The minimum Gasteiger partial charge on any atom is -0.314 e. The van der Waals surface area contributed by atoms with Crippen LogP contribution in [-0.4, -0.2) is 22.2 Å². The Balaban J connectivity index is 3.52. The standard InChI is InChI=1S/C7H7N3O4/c1-3(12)4-5(8-2-11)9-7(14)10-6(4)13/h2H,1H3,(H3,8,9,10,11,13,14). The molecule has 0 saturated carbocycles. The summed E-state index contributed by atoms with van der Waals surface area (Å²) in [5.41, 5.74) is -1.90. The first-order chi connectivity index (χ1) is 6.56. The smallest absolute Gasteiger partial charge is 0.314 e. The van der Waals surface area contributed by atoms with Crippen molar-refractivity contribution in [2.45, 2.75) is 6.92 Å². The molecule has 1 rings (SSSR count). The van der Waals surface area contributed by atoms with Crippen LogP contribution >= 0.6 is 0 Å². The van der Waals surface area contributed by atoms with Gasteiger partial charge in [-0.3, -0.25) is 24.4 Å². The van der Waals surface area contributed by atoms with Crippen molar-refractivity contribution in [1.82, 2.24) is 9.97 Å². The summed E-state index contributed by atoms with van der Waals surface area (Å²) < 4.78 is 0. The number of nitrogens with one attached hydrogen (secondary N) is 3. The van der Waals surface area contributed by atoms with E-state index in [-0.39, 0.29) is 17.8 Å². The largest absolute Gasteiger partial charge is 0.327 e. The lowest BCUT2D eigenvalue weighted by atomic mass is 10.2. The summed E-state index contributed by atoms with van der Waals surface area (Å²) in [7, 11) is 0. The SMILES string of the molecule is CC(=O)c1c(NC=O)[nH]c(=O)[nH]c1=O. The van der Waals surface area contributed by atoms with Crippen molar-refractivity contribution in [3.05, 3.63) is 26.4 Å². The van der Waals surface area contributed by atoms with Crippen LogP contribution in [0.15, 0.2) is 9.59 Å². The Morgan fingerprint density at radius 2 is 2.00 bits per heavy atom. The highest BCUT2D eigenvalue weighted by Crippen LogP contribution is 2.03. The van der Waals surface area contributed by atoms with E-state index in [0.29, 0.717) is 0 Å². The Hall–Kier alpha value is -2.18. The number of H-pyrrole nitrogens is 2. The van der Waals surface area contributed by atoms with E-state index in [0.717, 1.165) is 6.92 Å². The van der Waals surface area contributed by atoms with Gasteiger partial charge in [-0.15, -0.1) is 0 Å². The van der Waals surface area contributed by atoms with Crippen molar-refractivity contribution in [1.29, 1.82) is 0 Å². The van der Waals surface area contributed by atoms with E-state index in [4.69, 9.17) is 0 Å². The first kappa shape index (κ1) is 9.90. The Morgan fingerprint density at radius 1 is 1.36 bits per heavy atom. The second-order valence-electron chi connectivity index (χ2n) is 2.48. The van der Waals surface area contributed by atoms with Gasteiger partial charge >= 0.3 is 5.69 Å². The molecule has 1 aromatic heterocycles. The van der Waals surface area contributed by atoms with Gasteiger partial charge in [0.05, 0.1) is 0 Å². The summed E-state index contributed by atoms with van der Waals surface area (Å²) in [4.78, 5) is 47.0. The molecule has 0 aliphatic heterocycles. The number of hydrogen-bond acceptors (Lipinski definition) is 4. The molecule has 74 valence electrons. The van der Waals surface area contributed by atoms with Gasteiger partial charge in [0.15, 0.2) is 5.78 Å². The van der Waals surface area contributed by atoms with E-state index in [1.807, 2.05) is 4.98 Å². The monoisotopic (exact) mass is 197 g/mol. The van der Waals surface area contributed by atoms with E-state index < -0.39 is 17.0 Å². The highest BCUT2D eigenvalue weighted by atomic mass is 16.2. The predicted molar refractivity (Wildman–Crippen MR) is 47.4 cm³/mol. The predicted octanol–water partition coefficient (Wildman–Crippen LogP) is -1.17. The highest BCUT2D eigenvalue weighted by Gasteiger charge is 2.12. The molecule has 0 atom stereocenters. The number of hydrogen-bond donors (Lipinski definition) is 3. The lowest BCUT2D eigenvalue weighted by molar-refractivity contribution is -0.105. The molecule has 14 heavy (non-hydrogen) atoms. The number of ketones is 1. The molecule has 7 heteroatoms. The zero-order valence-electron chi connectivity index (χ0n) is 7.21. The maximum atomic E-state index is 11.1. The number of aromatic amines is 2. The summed E-state index contributed by atoms with van der Waals surface area (Å²) in [5.74, 6) is -0.742. The molecular weight excluding hydrogens is 190 g/mol. The van der Waals surface area contributed by atoms with E-state index in [1.165, 1.54) is 0 Å². The molecule has 0 aliphatic carbocycles. The van der Waals surface area contributed by atoms with Crippen LogP contribution in [0, 0.1) is 0 Å². The molecule has 0 saturated heterocycles. The molecule has 1 heterocycles. The number of carbonyl (C=O) groups excluding carboxylic acids is 2. The van der Waals surface area contributed by atoms with Gasteiger partial charge in [0.1, 0.15) is 11.4 Å². The van der Waals surface area contributed by atoms with Crippen molar-refractivity contribution < 1.29 is 9.59 Å². The van der Waals surface area contributed by atoms with E-state index in [2.05, 4.69) is 10.3 Å². The van der Waals surface area contributed by atoms with Crippen LogP contribution < -0.4 is 16.6 Å². The number of carbonyl (C=O) groups is 2. The van der Waals surface area contributed by atoms with Crippen LogP contribution in [-0.2, 0) is 4.79 Å². The minimum atomic E-state index is -0.828. The van der Waals surface area contributed by atoms with Crippen LogP contribution in [0.3, 0.4) is 0 Å². The molecule has 1 amide bonds. The fraction of sp³-hybridized carbons (Fsp3) is 0.143. The number of rotatable bonds is 3. The quantitative estimate of drug-likeness (QED) is 0.418.